The van der Waals surface area contributed by atoms with Gasteiger partial charge in [-0.15, -0.1) is 0 Å². The fraction of sp³-hybridized carbons (Fsp3) is 0. The standard InChI is InChI=1S/C60H39NO/c1-2-13-46-39-47(28-27-40(46)11-1)43-25-23-41(24-26-43)42-29-34-48(35-30-42)61(58-21-7-5-15-54(58)56-19-10-20-57-55-16-6-8-22-59(55)62-60(56)57)49-36-31-45(32-37-49)51-17-9-18-52-50-14-4-3-12-44(50)33-38-53(51)52/h1-39H. The number of para-hydroxylation sites is 3. The molecule has 2 heteroatoms. The van der Waals surface area contributed by atoms with Gasteiger partial charge in [-0.05, 0) is 108 Å². The number of rotatable bonds is 7. The minimum absolute atomic E-state index is 0.891. The Hall–Kier alpha value is -8.20. The van der Waals surface area contributed by atoms with E-state index in [9.17, 15) is 0 Å². The van der Waals surface area contributed by atoms with E-state index >= 15 is 0 Å². The monoisotopic (exact) mass is 789 g/mol. The minimum Gasteiger partial charge on any atom is -0.455 e. The quantitative estimate of drug-likeness (QED) is 0.150. The Morgan fingerprint density at radius 3 is 1.56 bits per heavy atom. The van der Waals surface area contributed by atoms with E-state index in [-0.39, 0.29) is 0 Å². The lowest BCUT2D eigenvalue weighted by Gasteiger charge is -2.28. The van der Waals surface area contributed by atoms with E-state index in [1.807, 2.05) is 6.07 Å². The molecule has 1 aromatic heterocycles. The summed E-state index contributed by atoms with van der Waals surface area (Å²) in [6.45, 7) is 0. The third kappa shape index (κ3) is 6.12. The van der Waals surface area contributed by atoms with E-state index < -0.39 is 0 Å². The summed E-state index contributed by atoms with van der Waals surface area (Å²) in [5.41, 5.74) is 14.3. The SMILES string of the molecule is c1ccc(N(c2ccc(-c3ccc(-c4ccc5ccccc5c4)cc3)cc2)c2ccc(-c3cccc4c3ccc3ccccc34)cc2)c(-c2cccc3c2oc2ccccc23)c1. The van der Waals surface area contributed by atoms with Crippen LogP contribution in [0, 0.1) is 0 Å². The Bertz CT molecular complexity index is 3620. The van der Waals surface area contributed by atoms with E-state index in [4.69, 9.17) is 4.42 Å². The fourth-order valence-electron chi connectivity index (χ4n) is 9.39. The van der Waals surface area contributed by atoms with Gasteiger partial charge < -0.3 is 9.32 Å². The molecule has 2 nitrogen and oxygen atoms in total. The molecule has 290 valence electrons. The van der Waals surface area contributed by atoms with Crippen molar-refractivity contribution in [3.8, 4) is 44.5 Å². The lowest BCUT2D eigenvalue weighted by molar-refractivity contribution is 0.670. The molecular formula is C60H39NO. The van der Waals surface area contributed by atoms with Crippen LogP contribution in [-0.2, 0) is 0 Å². The third-order valence-electron chi connectivity index (χ3n) is 12.5. The summed E-state index contributed by atoms with van der Waals surface area (Å²) in [6, 6.07) is 85.4. The van der Waals surface area contributed by atoms with E-state index in [0.29, 0.717) is 0 Å². The van der Waals surface area contributed by atoms with Crippen LogP contribution in [0.4, 0.5) is 17.1 Å². The molecule has 0 radical (unpaired) electrons. The first-order chi connectivity index (χ1) is 30.7. The largest absolute Gasteiger partial charge is 0.455 e. The lowest BCUT2D eigenvalue weighted by atomic mass is 9.94. The van der Waals surface area contributed by atoms with Gasteiger partial charge in [0.15, 0.2) is 0 Å². The molecule has 0 aliphatic heterocycles. The molecule has 12 aromatic rings. The number of furan rings is 1. The Kier molecular flexibility index (Phi) is 8.53. The molecule has 12 rings (SSSR count). The summed E-state index contributed by atoms with van der Waals surface area (Å²) in [5.74, 6) is 0. The molecule has 0 saturated carbocycles. The molecule has 0 aliphatic carbocycles. The van der Waals surface area contributed by atoms with Gasteiger partial charge in [-0.2, -0.15) is 0 Å². The highest BCUT2D eigenvalue weighted by Gasteiger charge is 2.21. The zero-order valence-electron chi connectivity index (χ0n) is 33.9. The number of nitrogens with zero attached hydrogens (tertiary/aromatic N) is 1. The van der Waals surface area contributed by atoms with E-state index in [2.05, 4.69) is 235 Å². The molecule has 0 saturated heterocycles. The summed E-state index contributed by atoms with van der Waals surface area (Å²) >= 11 is 0. The second-order valence-electron chi connectivity index (χ2n) is 16.1. The van der Waals surface area contributed by atoms with Crippen LogP contribution >= 0.6 is 0 Å². The van der Waals surface area contributed by atoms with Gasteiger partial charge >= 0.3 is 0 Å². The van der Waals surface area contributed by atoms with Crippen molar-refractivity contribution in [1.82, 2.24) is 0 Å². The maximum absolute atomic E-state index is 6.61. The Morgan fingerprint density at radius 1 is 0.274 bits per heavy atom. The first-order valence-corrected chi connectivity index (χ1v) is 21.2. The smallest absolute Gasteiger partial charge is 0.143 e. The zero-order valence-corrected chi connectivity index (χ0v) is 33.9. The van der Waals surface area contributed by atoms with Crippen LogP contribution in [0.1, 0.15) is 0 Å². The van der Waals surface area contributed by atoms with Crippen LogP contribution in [0.5, 0.6) is 0 Å². The van der Waals surface area contributed by atoms with Crippen molar-refractivity contribution in [2.75, 3.05) is 4.90 Å². The predicted molar refractivity (Wildman–Crippen MR) is 263 cm³/mol. The molecule has 0 unspecified atom stereocenters. The van der Waals surface area contributed by atoms with E-state index in [1.54, 1.807) is 0 Å². The van der Waals surface area contributed by atoms with Crippen LogP contribution < -0.4 is 4.90 Å². The Balaban J connectivity index is 0.957. The van der Waals surface area contributed by atoms with Crippen molar-refractivity contribution < 1.29 is 4.42 Å². The van der Waals surface area contributed by atoms with Crippen LogP contribution in [0.15, 0.2) is 241 Å². The molecule has 0 N–H and O–H groups in total. The molecule has 0 aliphatic rings. The molecule has 0 spiro atoms. The summed E-state index contributed by atoms with van der Waals surface area (Å²) in [4.78, 5) is 2.38. The average Bonchev–Trinajstić information content (AvgIpc) is 3.74. The number of benzene rings is 11. The van der Waals surface area contributed by atoms with Gasteiger partial charge in [0.1, 0.15) is 11.2 Å². The molecule has 0 fully saturated rings. The maximum atomic E-state index is 6.61. The Morgan fingerprint density at radius 2 is 0.790 bits per heavy atom. The van der Waals surface area contributed by atoms with E-state index in [0.717, 1.165) is 55.7 Å². The van der Waals surface area contributed by atoms with Gasteiger partial charge in [0.05, 0.1) is 5.69 Å². The highest BCUT2D eigenvalue weighted by atomic mass is 16.3. The van der Waals surface area contributed by atoms with Gasteiger partial charge in [0.2, 0.25) is 0 Å². The molecule has 11 aromatic carbocycles. The Labute approximate surface area is 360 Å². The topological polar surface area (TPSA) is 16.4 Å². The summed E-state index contributed by atoms with van der Waals surface area (Å²) in [6.07, 6.45) is 0. The van der Waals surface area contributed by atoms with Crippen molar-refractivity contribution in [2.45, 2.75) is 0 Å². The third-order valence-corrected chi connectivity index (χ3v) is 12.5. The number of anilines is 3. The molecule has 62 heavy (non-hydrogen) atoms. The molecule has 0 atom stereocenters. The summed E-state index contributed by atoms with van der Waals surface area (Å²) in [7, 11) is 0. The van der Waals surface area contributed by atoms with Crippen LogP contribution in [-0.4, -0.2) is 0 Å². The van der Waals surface area contributed by atoms with Gasteiger partial charge in [0, 0.05) is 33.3 Å². The van der Waals surface area contributed by atoms with Crippen LogP contribution in [0.3, 0.4) is 0 Å². The fourth-order valence-corrected chi connectivity index (χ4v) is 9.39. The maximum Gasteiger partial charge on any atom is 0.143 e. The second-order valence-corrected chi connectivity index (χ2v) is 16.1. The van der Waals surface area contributed by atoms with Crippen molar-refractivity contribution in [3.05, 3.63) is 237 Å². The molecular weight excluding hydrogens is 751 g/mol. The van der Waals surface area contributed by atoms with Crippen molar-refractivity contribution >= 4 is 71.3 Å². The highest BCUT2D eigenvalue weighted by Crippen LogP contribution is 2.45. The normalized spacial score (nSPS) is 11.5. The highest BCUT2D eigenvalue weighted by molar-refractivity contribution is 6.13. The lowest BCUT2D eigenvalue weighted by Crippen LogP contribution is -2.11. The van der Waals surface area contributed by atoms with E-state index in [1.165, 1.54) is 60.1 Å². The molecule has 0 amide bonds. The number of fused-ring (bicyclic) bond motifs is 7. The zero-order chi connectivity index (χ0) is 41.0. The summed E-state index contributed by atoms with van der Waals surface area (Å²) in [5, 5.41) is 9.79. The van der Waals surface area contributed by atoms with Crippen molar-refractivity contribution in [1.29, 1.82) is 0 Å². The minimum atomic E-state index is 0.891. The van der Waals surface area contributed by atoms with Crippen molar-refractivity contribution in [2.24, 2.45) is 0 Å². The van der Waals surface area contributed by atoms with Gasteiger partial charge in [-0.1, -0.05) is 194 Å². The average molecular weight is 790 g/mol. The van der Waals surface area contributed by atoms with Gasteiger partial charge in [-0.3, -0.25) is 0 Å². The summed E-state index contributed by atoms with van der Waals surface area (Å²) < 4.78 is 6.61. The van der Waals surface area contributed by atoms with Crippen molar-refractivity contribution in [3.63, 3.8) is 0 Å². The number of hydrogen-bond donors (Lipinski definition) is 0. The first-order valence-electron chi connectivity index (χ1n) is 21.2. The molecule has 1 heterocycles. The molecule has 0 bridgehead atoms. The van der Waals surface area contributed by atoms with Gasteiger partial charge in [0.25, 0.3) is 0 Å². The first kappa shape index (κ1) is 35.7. The van der Waals surface area contributed by atoms with Gasteiger partial charge in [-0.25, -0.2) is 0 Å². The predicted octanol–water partition coefficient (Wildman–Crippen LogP) is 17.2. The number of hydrogen-bond acceptors (Lipinski definition) is 2. The van der Waals surface area contributed by atoms with Crippen LogP contribution in [0.25, 0.3) is 98.8 Å². The second kappa shape index (κ2) is 14.8. The van der Waals surface area contributed by atoms with Crippen LogP contribution in [0.2, 0.25) is 0 Å².